The summed E-state index contributed by atoms with van der Waals surface area (Å²) in [5.74, 6) is 1.88. The van der Waals surface area contributed by atoms with E-state index in [9.17, 15) is 0 Å². The van der Waals surface area contributed by atoms with Gasteiger partial charge in [0.25, 0.3) is 0 Å². The van der Waals surface area contributed by atoms with E-state index < -0.39 is 0 Å². The maximum atomic E-state index is 6.34. The average Bonchev–Trinajstić information content (AvgIpc) is 3.27. The maximum Gasteiger partial charge on any atom is 0.160 e. The van der Waals surface area contributed by atoms with Crippen molar-refractivity contribution in [2.45, 2.75) is 44.5 Å². The molecule has 2 saturated carbocycles. The number of alkyl halides is 1. The van der Waals surface area contributed by atoms with Crippen molar-refractivity contribution >= 4 is 38.7 Å². The van der Waals surface area contributed by atoms with Gasteiger partial charge in [-0.3, -0.25) is 0 Å². The van der Waals surface area contributed by atoms with Gasteiger partial charge < -0.3 is 4.57 Å². The fourth-order valence-corrected chi connectivity index (χ4v) is 3.82. The van der Waals surface area contributed by atoms with Gasteiger partial charge in [-0.25, -0.2) is 9.97 Å². The maximum absolute atomic E-state index is 6.34. The number of fused-ring (bicyclic) bond motifs is 1. The summed E-state index contributed by atoms with van der Waals surface area (Å²) >= 11 is 9.81. The van der Waals surface area contributed by atoms with Crippen LogP contribution in [0.1, 0.15) is 43.8 Å². The standard InChI is InChI=1S/C15H17BrClN3/c1-9(17)13-19-12-6-11(16)7-18-14(12)20(13)8-15(4-5-15)10-2-3-10/h6-7,9-10H,2-5,8H2,1H3. The van der Waals surface area contributed by atoms with Gasteiger partial charge in [0.15, 0.2) is 5.65 Å². The molecule has 2 aliphatic carbocycles. The number of imidazole rings is 1. The van der Waals surface area contributed by atoms with Crippen molar-refractivity contribution in [3.63, 3.8) is 0 Å². The van der Waals surface area contributed by atoms with Gasteiger partial charge in [-0.2, -0.15) is 0 Å². The zero-order valence-electron chi connectivity index (χ0n) is 11.4. The molecule has 1 unspecified atom stereocenters. The summed E-state index contributed by atoms with van der Waals surface area (Å²) in [4.78, 5) is 9.27. The average molecular weight is 355 g/mol. The van der Waals surface area contributed by atoms with Gasteiger partial charge in [-0.05, 0) is 65.9 Å². The summed E-state index contributed by atoms with van der Waals surface area (Å²) < 4.78 is 3.23. The molecule has 20 heavy (non-hydrogen) atoms. The van der Waals surface area contributed by atoms with Gasteiger partial charge >= 0.3 is 0 Å². The molecule has 0 radical (unpaired) electrons. The molecule has 0 bridgehead atoms. The Morgan fingerprint density at radius 3 is 2.85 bits per heavy atom. The molecule has 2 aromatic rings. The fourth-order valence-electron chi connectivity index (χ4n) is 3.33. The Kier molecular flexibility index (Phi) is 2.90. The highest BCUT2D eigenvalue weighted by molar-refractivity contribution is 9.10. The molecule has 0 spiro atoms. The van der Waals surface area contributed by atoms with Crippen LogP contribution in [0.4, 0.5) is 0 Å². The SMILES string of the molecule is CC(Cl)c1nc2cc(Br)cnc2n1CC1(C2CC2)CC1. The summed E-state index contributed by atoms with van der Waals surface area (Å²) in [5.41, 5.74) is 2.43. The lowest BCUT2D eigenvalue weighted by Crippen LogP contribution is -2.16. The quantitative estimate of drug-likeness (QED) is 0.746. The molecule has 1 atom stereocenters. The molecule has 2 aromatic heterocycles. The van der Waals surface area contributed by atoms with Crippen LogP contribution in [0.25, 0.3) is 11.2 Å². The summed E-state index contributed by atoms with van der Waals surface area (Å²) in [6, 6.07) is 2.03. The van der Waals surface area contributed by atoms with Crippen LogP contribution in [0.15, 0.2) is 16.7 Å². The second kappa shape index (κ2) is 4.44. The molecule has 4 rings (SSSR count). The van der Waals surface area contributed by atoms with Crippen molar-refractivity contribution in [2.75, 3.05) is 0 Å². The third-order valence-corrected chi connectivity index (χ3v) is 5.37. The Morgan fingerprint density at radius 1 is 1.50 bits per heavy atom. The van der Waals surface area contributed by atoms with E-state index >= 15 is 0 Å². The summed E-state index contributed by atoms with van der Waals surface area (Å²) in [5, 5.41) is -0.0852. The van der Waals surface area contributed by atoms with Crippen molar-refractivity contribution in [2.24, 2.45) is 11.3 Å². The van der Waals surface area contributed by atoms with Crippen LogP contribution >= 0.6 is 27.5 Å². The molecule has 0 N–H and O–H groups in total. The Morgan fingerprint density at radius 2 is 2.25 bits per heavy atom. The molecule has 5 heteroatoms. The molecule has 2 heterocycles. The highest BCUT2D eigenvalue weighted by Crippen LogP contribution is 2.62. The van der Waals surface area contributed by atoms with E-state index in [0.717, 1.165) is 33.9 Å². The predicted molar refractivity (Wildman–Crippen MR) is 83.9 cm³/mol. The van der Waals surface area contributed by atoms with Crippen molar-refractivity contribution in [3.05, 3.63) is 22.6 Å². The number of halogens is 2. The summed E-state index contributed by atoms with van der Waals surface area (Å²) in [6.07, 6.45) is 7.35. The predicted octanol–water partition coefficient (Wildman–Crippen LogP) is 4.68. The minimum absolute atomic E-state index is 0.0852. The number of pyridine rings is 1. The number of hydrogen-bond acceptors (Lipinski definition) is 2. The molecular weight excluding hydrogens is 338 g/mol. The van der Waals surface area contributed by atoms with E-state index in [1.54, 1.807) is 0 Å². The largest absolute Gasteiger partial charge is 0.311 e. The minimum atomic E-state index is -0.0852. The molecule has 0 aromatic carbocycles. The molecule has 3 nitrogen and oxygen atoms in total. The number of nitrogens with zero attached hydrogens (tertiary/aromatic N) is 3. The molecular formula is C15H17BrClN3. The first-order valence-corrected chi connectivity index (χ1v) is 8.48. The lowest BCUT2D eigenvalue weighted by Gasteiger charge is -2.18. The van der Waals surface area contributed by atoms with Gasteiger partial charge in [-0.15, -0.1) is 11.6 Å². The second-order valence-corrected chi connectivity index (χ2v) is 7.88. The van der Waals surface area contributed by atoms with E-state index in [1.165, 1.54) is 25.7 Å². The van der Waals surface area contributed by atoms with Crippen molar-refractivity contribution in [1.29, 1.82) is 0 Å². The Balaban J connectivity index is 1.81. The van der Waals surface area contributed by atoms with Gasteiger partial charge in [0.1, 0.15) is 11.3 Å². The van der Waals surface area contributed by atoms with E-state index in [2.05, 4.69) is 25.5 Å². The molecule has 2 aliphatic rings. The Hall–Kier alpha value is -0.610. The molecule has 0 aliphatic heterocycles. The number of hydrogen-bond donors (Lipinski definition) is 0. The van der Waals surface area contributed by atoms with Crippen LogP contribution in [0.2, 0.25) is 0 Å². The van der Waals surface area contributed by atoms with E-state index in [0.29, 0.717) is 5.41 Å². The highest BCUT2D eigenvalue weighted by Gasteiger charge is 2.54. The monoisotopic (exact) mass is 353 g/mol. The highest BCUT2D eigenvalue weighted by atomic mass is 79.9. The summed E-state index contributed by atoms with van der Waals surface area (Å²) in [6.45, 7) is 3.03. The van der Waals surface area contributed by atoms with Gasteiger partial charge in [0.2, 0.25) is 0 Å². The first-order valence-electron chi connectivity index (χ1n) is 7.25. The first kappa shape index (κ1) is 13.1. The van der Waals surface area contributed by atoms with Gasteiger partial charge in [0.05, 0.1) is 5.38 Å². The van der Waals surface area contributed by atoms with E-state index in [-0.39, 0.29) is 5.38 Å². The van der Waals surface area contributed by atoms with Crippen LogP contribution in [-0.2, 0) is 6.54 Å². The fraction of sp³-hybridized carbons (Fsp3) is 0.600. The lowest BCUT2D eigenvalue weighted by molar-refractivity contribution is 0.368. The second-order valence-electron chi connectivity index (χ2n) is 6.31. The van der Waals surface area contributed by atoms with E-state index in [4.69, 9.17) is 16.6 Å². The third kappa shape index (κ3) is 2.08. The van der Waals surface area contributed by atoms with E-state index in [1.807, 2.05) is 19.2 Å². The van der Waals surface area contributed by atoms with Crippen LogP contribution < -0.4 is 0 Å². The topological polar surface area (TPSA) is 30.7 Å². The van der Waals surface area contributed by atoms with Crippen molar-refractivity contribution in [1.82, 2.24) is 14.5 Å². The molecule has 2 fully saturated rings. The molecule has 0 amide bonds. The zero-order chi connectivity index (χ0) is 13.9. The van der Waals surface area contributed by atoms with Crippen LogP contribution in [0.5, 0.6) is 0 Å². The normalized spacial score (nSPS) is 22.1. The Labute approximate surface area is 131 Å². The van der Waals surface area contributed by atoms with Crippen LogP contribution in [-0.4, -0.2) is 14.5 Å². The number of rotatable bonds is 4. The zero-order valence-corrected chi connectivity index (χ0v) is 13.8. The lowest BCUT2D eigenvalue weighted by atomic mass is 10.0. The van der Waals surface area contributed by atoms with Crippen molar-refractivity contribution < 1.29 is 0 Å². The smallest absolute Gasteiger partial charge is 0.160 e. The molecule has 106 valence electrons. The first-order chi connectivity index (χ1) is 9.59. The van der Waals surface area contributed by atoms with Crippen LogP contribution in [0.3, 0.4) is 0 Å². The third-order valence-electron chi connectivity index (χ3n) is 4.75. The number of aromatic nitrogens is 3. The Bertz CT molecular complexity index is 671. The minimum Gasteiger partial charge on any atom is -0.311 e. The molecule has 0 saturated heterocycles. The van der Waals surface area contributed by atoms with Crippen molar-refractivity contribution in [3.8, 4) is 0 Å². The summed E-state index contributed by atoms with van der Waals surface area (Å²) in [7, 11) is 0. The van der Waals surface area contributed by atoms with Gasteiger partial charge in [0, 0.05) is 17.2 Å². The van der Waals surface area contributed by atoms with Gasteiger partial charge in [-0.1, -0.05) is 0 Å². The van der Waals surface area contributed by atoms with Crippen LogP contribution in [0, 0.1) is 11.3 Å².